The third-order valence-electron chi connectivity index (χ3n) is 2.71. The molecule has 94 valence electrons. The summed E-state index contributed by atoms with van der Waals surface area (Å²) in [6.07, 6.45) is 0.292. The van der Waals surface area contributed by atoms with Crippen molar-refractivity contribution in [3.8, 4) is 0 Å². The van der Waals surface area contributed by atoms with Gasteiger partial charge in [-0.1, -0.05) is 30.3 Å². The fraction of sp³-hybridized carbons (Fsp3) is 0.143. The second kappa shape index (κ2) is 5.23. The second-order valence-electron chi connectivity index (χ2n) is 4.08. The van der Waals surface area contributed by atoms with Crippen molar-refractivity contribution in [2.75, 3.05) is 0 Å². The van der Waals surface area contributed by atoms with Crippen LogP contribution in [0.4, 0.5) is 13.2 Å². The van der Waals surface area contributed by atoms with Gasteiger partial charge < -0.3 is 5.73 Å². The van der Waals surface area contributed by atoms with Crippen LogP contribution in [0.1, 0.15) is 17.2 Å². The van der Waals surface area contributed by atoms with E-state index in [1.165, 1.54) is 0 Å². The van der Waals surface area contributed by atoms with Gasteiger partial charge in [-0.15, -0.1) is 0 Å². The molecule has 0 heterocycles. The molecule has 1 unspecified atom stereocenters. The topological polar surface area (TPSA) is 26.0 Å². The Morgan fingerprint density at radius 1 is 0.944 bits per heavy atom. The van der Waals surface area contributed by atoms with Crippen molar-refractivity contribution < 1.29 is 13.2 Å². The summed E-state index contributed by atoms with van der Waals surface area (Å²) in [5.74, 6) is -2.84. The smallest absolute Gasteiger partial charge is 0.133 e. The first-order valence-electron chi connectivity index (χ1n) is 5.52. The Morgan fingerprint density at radius 2 is 1.50 bits per heavy atom. The van der Waals surface area contributed by atoms with E-state index in [1.54, 1.807) is 0 Å². The Bertz CT molecular complexity index is 517. The Hall–Kier alpha value is -1.81. The first-order valence-corrected chi connectivity index (χ1v) is 5.52. The van der Waals surface area contributed by atoms with Gasteiger partial charge in [0.15, 0.2) is 0 Å². The maximum Gasteiger partial charge on any atom is 0.133 e. The zero-order chi connectivity index (χ0) is 13.1. The molecule has 0 saturated carbocycles. The SMILES string of the molecule is NC(Cc1ccccc1)c1c(F)cc(F)cc1F. The molecule has 2 aromatic carbocycles. The average Bonchev–Trinajstić information content (AvgIpc) is 2.28. The first kappa shape index (κ1) is 12.6. The highest BCUT2D eigenvalue weighted by Gasteiger charge is 2.18. The van der Waals surface area contributed by atoms with Crippen molar-refractivity contribution in [1.82, 2.24) is 0 Å². The highest BCUT2D eigenvalue weighted by atomic mass is 19.1. The molecule has 0 radical (unpaired) electrons. The molecule has 0 fully saturated rings. The van der Waals surface area contributed by atoms with E-state index in [1.807, 2.05) is 30.3 Å². The summed E-state index contributed by atoms with van der Waals surface area (Å²) in [5, 5.41) is 0. The number of halogens is 3. The molecule has 0 amide bonds. The lowest BCUT2D eigenvalue weighted by atomic mass is 9.99. The van der Waals surface area contributed by atoms with Gasteiger partial charge in [0.1, 0.15) is 17.5 Å². The molecule has 0 spiro atoms. The molecule has 0 aliphatic rings. The number of nitrogens with two attached hydrogens (primary N) is 1. The Balaban J connectivity index is 2.27. The van der Waals surface area contributed by atoms with Crippen molar-refractivity contribution in [2.24, 2.45) is 5.73 Å². The normalized spacial score (nSPS) is 12.4. The van der Waals surface area contributed by atoms with Crippen LogP contribution in [0.25, 0.3) is 0 Å². The van der Waals surface area contributed by atoms with Crippen molar-refractivity contribution in [2.45, 2.75) is 12.5 Å². The summed E-state index contributed by atoms with van der Waals surface area (Å²) in [5.41, 5.74) is 6.37. The lowest BCUT2D eigenvalue weighted by Crippen LogP contribution is -2.17. The fourth-order valence-electron chi connectivity index (χ4n) is 1.88. The summed E-state index contributed by atoms with van der Waals surface area (Å²) in [6.45, 7) is 0. The standard InChI is InChI=1S/C14H12F3N/c15-10-7-11(16)14(12(17)8-10)13(18)6-9-4-2-1-3-5-9/h1-5,7-8,13H,6,18H2. The molecule has 2 aromatic rings. The number of benzene rings is 2. The van der Waals surface area contributed by atoms with E-state index in [0.29, 0.717) is 18.6 Å². The maximum atomic E-state index is 13.5. The number of hydrogen-bond acceptors (Lipinski definition) is 1. The monoisotopic (exact) mass is 251 g/mol. The van der Waals surface area contributed by atoms with Gasteiger partial charge in [0, 0.05) is 23.7 Å². The van der Waals surface area contributed by atoms with Crippen LogP contribution in [0.5, 0.6) is 0 Å². The molecule has 0 aliphatic carbocycles. The lowest BCUT2D eigenvalue weighted by Gasteiger charge is -2.14. The Labute approximate surface area is 103 Å². The van der Waals surface area contributed by atoms with Crippen LogP contribution < -0.4 is 5.73 Å². The van der Waals surface area contributed by atoms with Gasteiger partial charge in [-0.25, -0.2) is 13.2 Å². The molecule has 0 bridgehead atoms. The van der Waals surface area contributed by atoms with Crippen molar-refractivity contribution in [1.29, 1.82) is 0 Å². The molecule has 0 saturated heterocycles. The second-order valence-corrected chi connectivity index (χ2v) is 4.08. The van der Waals surface area contributed by atoms with E-state index in [4.69, 9.17) is 5.73 Å². The molecule has 2 N–H and O–H groups in total. The molecule has 1 nitrogen and oxygen atoms in total. The summed E-state index contributed by atoms with van der Waals surface area (Å²) in [6, 6.07) is 9.56. The predicted octanol–water partition coefficient (Wildman–Crippen LogP) is 3.35. The molecule has 2 rings (SSSR count). The van der Waals surface area contributed by atoms with Crippen LogP contribution in [0.2, 0.25) is 0 Å². The lowest BCUT2D eigenvalue weighted by molar-refractivity contribution is 0.501. The van der Waals surface area contributed by atoms with Gasteiger partial charge in [-0.05, 0) is 12.0 Å². The van der Waals surface area contributed by atoms with E-state index in [9.17, 15) is 13.2 Å². The minimum atomic E-state index is -0.948. The summed E-state index contributed by atoms with van der Waals surface area (Å²) >= 11 is 0. The molecular formula is C14H12F3N. The molecular weight excluding hydrogens is 239 g/mol. The van der Waals surface area contributed by atoms with Gasteiger partial charge in [-0.2, -0.15) is 0 Å². The zero-order valence-corrected chi connectivity index (χ0v) is 9.54. The maximum absolute atomic E-state index is 13.5. The molecule has 4 heteroatoms. The van der Waals surface area contributed by atoms with E-state index in [0.717, 1.165) is 5.56 Å². The minimum Gasteiger partial charge on any atom is -0.323 e. The van der Waals surface area contributed by atoms with E-state index < -0.39 is 23.5 Å². The van der Waals surface area contributed by atoms with Crippen LogP contribution in [-0.2, 0) is 6.42 Å². The van der Waals surface area contributed by atoms with E-state index >= 15 is 0 Å². The molecule has 0 aliphatic heterocycles. The molecule has 18 heavy (non-hydrogen) atoms. The summed E-state index contributed by atoms with van der Waals surface area (Å²) in [7, 11) is 0. The number of hydrogen-bond donors (Lipinski definition) is 1. The highest BCUT2D eigenvalue weighted by Crippen LogP contribution is 2.23. The van der Waals surface area contributed by atoms with Crippen LogP contribution in [0.3, 0.4) is 0 Å². The van der Waals surface area contributed by atoms with Crippen LogP contribution in [-0.4, -0.2) is 0 Å². The van der Waals surface area contributed by atoms with Crippen LogP contribution >= 0.6 is 0 Å². The third-order valence-corrected chi connectivity index (χ3v) is 2.71. The van der Waals surface area contributed by atoms with Crippen molar-refractivity contribution in [3.05, 3.63) is 71.0 Å². The predicted molar refractivity (Wildman–Crippen MR) is 63.4 cm³/mol. The summed E-state index contributed by atoms with van der Waals surface area (Å²) in [4.78, 5) is 0. The van der Waals surface area contributed by atoms with Gasteiger partial charge in [0.2, 0.25) is 0 Å². The van der Waals surface area contributed by atoms with Crippen molar-refractivity contribution in [3.63, 3.8) is 0 Å². The quantitative estimate of drug-likeness (QED) is 0.889. The van der Waals surface area contributed by atoms with Crippen molar-refractivity contribution >= 4 is 0 Å². The third kappa shape index (κ3) is 2.71. The molecule has 1 atom stereocenters. The van der Waals surface area contributed by atoms with E-state index in [2.05, 4.69) is 0 Å². The van der Waals surface area contributed by atoms with Crippen LogP contribution in [0.15, 0.2) is 42.5 Å². The van der Waals surface area contributed by atoms with E-state index in [-0.39, 0.29) is 5.56 Å². The van der Waals surface area contributed by atoms with Crippen LogP contribution in [0, 0.1) is 17.5 Å². The largest absolute Gasteiger partial charge is 0.323 e. The minimum absolute atomic E-state index is 0.278. The van der Waals surface area contributed by atoms with Gasteiger partial charge in [0.25, 0.3) is 0 Å². The zero-order valence-electron chi connectivity index (χ0n) is 9.54. The first-order chi connectivity index (χ1) is 8.58. The Kier molecular flexibility index (Phi) is 3.67. The number of rotatable bonds is 3. The highest BCUT2D eigenvalue weighted by molar-refractivity contribution is 5.26. The Morgan fingerprint density at radius 3 is 2.06 bits per heavy atom. The average molecular weight is 251 g/mol. The summed E-state index contributed by atoms with van der Waals surface area (Å²) < 4.78 is 39.8. The fourth-order valence-corrected chi connectivity index (χ4v) is 1.88. The van der Waals surface area contributed by atoms with Gasteiger partial charge in [-0.3, -0.25) is 0 Å². The molecule has 0 aromatic heterocycles. The van der Waals surface area contributed by atoms with Gasteiger partial charge in [0.05, 0.1) is 0 Å². The van der Waals surface area contributed by atoms with Gasteiger partial charge >= 0.3 is 0 Å².